The molecule has 1 aromatic heterocycles. The first kappa shape index (κ1) is 15.3. The lowest BCUT2D eigenvalue weighted by Gasteiger charge is -2.13. The lowest BCUT2D eigenvalue weighted by atomic mass is 10.2. The zero-order valence-electron chi connectivity index (χ0n) is 12.7. The fourth-order valence-electron chi connectivity index (χ4n) is 2.10. The third-order valence-corrected chi connectivity index (χ3v) is 2.98. The van der Waals surface area contributed by atoms with E-state index in [1.807, 2.05) is 51.2 Å². The van der Waals surface area contributed by atoms with Gasteiger partial charge in [0.05, 0.1) is 13.2 Å². The molecule has 0 spiro atoms. The number of amides is 1. The van der Waals surface area contributed by atoms with Gasteiger partial charge in [-0.1, -0.05) is 30.3 Å². The predicted octanol–water partition coefficient (Wildman–Crippen LogP) is 0.881. The highest BCUT2D eigenvalue weighted by atomic mass is 16.4. The third-order valence-electron chi connectivity index (χ3n) is 2.98. The van der Waals surface area contributed by atoms with Gasteiger partial charge in [-0.3, -0.25) is 4.79 Å². The van der Waals surface area contributed by atoms with Crippen molar-refractivity contribution in [3.8, 4) is 11.3 Å². The van der Waals surface area contributed by atoms with E-state index in [1.54, 1.807) is 6.20 Å². The minimum atomic E-state index is 0.0392. The highest BCUT2D eigenvalue weighted by molar-refractivity contribution is 5.77. The Labute approximate surface area is 125 Å². The summed E-state index contributed by atoms with van der Waals surface area (Å²) >= 11 is 0. The fourth-order valence-corrected chi connectivity index (χ4v) is 2.10. The van der Waals surface area contributed by atoms with Crippen LogP contribution in [-0.4, -0.2) is 30.5 Å². The summed E-state index contributed by atoms with van der Waals surface area (Å²) in [6.07, 6.45) is 1.73. The van der Waals surface area contributed by atoms with Crippen LogP contribution in [0.1, 0.15) is 19.7 Å². The maximum absolute atomic E-state index is 11.7. The van der Waals surface area contributed by atoms with Gasteiger partial charge in [-0.25, -0.2) is 4.98 Å². The summed E-state index contributed by atoms with van der Waals surface area (Å²) < 4.78 is 5.74. The average molecular weight is 288 g/mol. The Hall–Kier alpha value is -2.14. The number of rotatable bonds is 6. The first-order chi connectivity index (χ1) is 10.0. The van der Waals surface area contributed by atoms with Crippen molar-refractivity contribution in [2.45, 2.75) is 26.4 Å². The Kier molecular flexibility index (Phi) is 5.11. The largest absolute Gasteiger partial charge is 0.435 e. The molecule has 1 amide bonds. The topological polar surface area (TPSA) is 59.6 Å². The summed E-state index contributed by atoms with van der Waals surface area (Å²) in [5.41, 5.74) is 1.01. The fraction of sp³-hybridized carbons (Fsp3) is 0.375. The molecular formula is C16H22N3O2+. The van der Waals surface area contributed by atoms with Crippen molar-refractivity contribution in [2.75, 3.05) is 13.6 Å². The number of benzene rings is 1. The number of nitrogens with zero attached hydrogens (tertiary/aromatic N) is 1. The molecule has 0 aliphatic carbocycles. The molecule has 2 aromatic rings. The summed E-state index contributed by atoms with van der Waals surface area (Å²) in [5.74, 6) is 1.44. The van der Waals surface area contributed by atoms with E-state index in [0.29, 0.717) is 19.0 Å². The minimum Gasteiger partial charge on any atom is -0.435 e. The number of nitrogens with one attached hydrogen (secondary N) is 2. The van der Waals surface area contributed by atoms with Crippen LogP contribution < -0.4 is 10.2 Å². The highest BCUT2D eigenvalue weighted by Crippen LogP contribution is 2.19. The van der Waals surface area contributed by atoms with E-state index < -0.39 is 0 Å². The van der Waals surface area contributed by atoms with Crippen LogP contribution in [0.15, 0.2) is 40.9 Å². The molecule has 0 fully saturated rings. The Bertz CT molecular complexity index is 578. The van der Waals surface area contributed by atoms with E-state index in [9.17, 15) is 4.79 Å². The smallest absolute Gasteiger partial charge is 0.275 e. The first-order valence-corrected chi connectivity index (χ1v) is 7.15. The number of carbonyl (C=O) groups is 1. The normalized spacial score (nSPS) is 12.4. The first-order valence-electron chi connectivity index (χ1n) is 7.15. The van der Waals surface area contributed by atoms with Crippen molar-refractivity contribution in [1.29, 1.82) is 0 Å². The van der Waals surface area contributed by atoms with Crippen molar-refractivity contribution in [1.82, 2.24) is 10.3 Å². The van der Waals surface area contributed by atoms with Gasteiger partial charge in [-0.15, -0.1) is 0 Å². The molecule has 21 heavy (non-hydrogen) atoms. The molecule has 2 rings (SSSR count). The standard InChI is InChI=1S/C16H21N3O2/c1-12(2)18-15(20)10-19(3)11-16-17-9-14(21-16)13-7-5-4-6-8-13/h4-9,12H,10-11H2,1-3H3,(H,18,20)/p+1. The summed E-state index contributed by atoms with van der Waals surface area (Å²) in [6.45, 7) is 4.89. The molecule has 112 valence electrons. The number of hydrogen-bond acceptors (Lipinski definition) is 3. The van der Waals surface area contributed by atoms with Crippen LogP contribution in [0.2, 0.25) is 0 Å². The Morgan fingerprint density at radius 2 is 2.05 bits per heavy atom. The van der Waals surface area contributed by atoms with Crippen molar-refractivity contribution < 1.29 is 14.1 Å². The average Bonchev–Trinajstić information content (AvgIpc) is 2.86. The summed E-state index contributed by atoms with van der Waals surface area (Å²) in [6, 6.07) is 10.0. The van der Waals surface area contributed by atoms with Gasteiger partial charge in [0, 0.05) is 11.6 Å². The van der Waals surface area contributed by atoms with Gasteiger partial charge < -0.3 is 14.6 Å². The van der Waals surface area contributed by atoms with Crippen LogP contribution in [0.4, 0.5) is 0 Å². The number of oxazole rings is 1. The van der Waals surface area contributed by atoms with E-state index in [1.165, 1.54) is 0 Å². The minimum absolute atomic E-state index is 0.0392. The molecule has 0 aliphatic heterocycles. The lowest BCUT2D eigenvalue weighted by Crippen LogP contribution is -3.09. The van der Waals surface area contributed by atoms with Crippen molar-refractivity contribution >= 4 is 5.91 Å². The monoisotopic (exact) mass is 288 g/mol. The van der Waals surface area contributed by atoms with Gasteiger partial charge in [0.2, 0.25) is 0 Å². The van der Waals surface area contributed by atoms with E-state index in [-0.39, 0.29) is 11.9 Å². The summed E-state index contributed by atoms with van der Waals surface area (Å²) in [4.78, 5) is 17.0. The van der Waals surface area contributed by atoms with Crippen LogP contribution in [0.3, 0.4) is 0 Å². The molecule has 1 heterocycles. The quantitative estimate of drug-likeness (QED) is 0.829. The van der Waals surface area contributed by atoms with Crippen LogP contribution in [0.5, 0.6) is 0 Å². The number of aromatic nitrogens is 1. The lowest BCUT2D eigenvalue weighted by molar-refractivity contribution is -0.886. The molecule has 0 saturated heterocycles. The zero-order chi connectivity index (χ0) is 15.2. The second kappa shape index (κ2) is 7.04. The summed E-state index contributed by atoms with van der Waals surface area (Å²) in [5, 5.41) is 2.88. The second-order valence-electron chi connectivity index (χ2n) is 5.52. The van der Waals surface area contributed by atoms with E-state index in [2.05, 4.69) is 10.3 Å². The van der Waals surface area contributed by atoms with Crippen molar-refractivity contribution in [2.24, 2.45) is 0 Å². The number of carbonyl (C=O) groups excluding carboxylic acids is 1. The Morgan fingerprint density at radius 1 is 1.33 bits per heavy atom. The van der Waals surface area contributed by atoms with Gasteiger partial charge in [0.25, 0.3) is 11.8 Å². The Morgan fingerprint density at radius 3 is 2.71 bits per heavy atom. The molecule has 2 N–H and O–H groups in total. The molecule has 1 aromatic carbocycles. The zero-order valence-corrected chi connectivity index (χ0v) is 12.7. The van der Waals surface area contributed by atoms with Crippen LogP contribution in [0, 0.1) is 0 Å². The van der Waals surface area contributed by atoms with Gasteiger partial charge in [0.1, 0.15) is 0 Å². The molecule has 0 aliphatic rings. The highest BCUT2D eigenvalue weighted by Gasteiger charge is 2.14. The maximum Gasteiger partial charge on any atom is 0.275 e. The van der Waals surface area contributed by atoms with E-state index in [0.717, 1.165) is 16.2 Å². The third kappa shape index (κ3) is 4.72. The molecule has 1 unspecified atom stereocenters. The molecule has 5 heteroatoms. The Balaban J connectivity index is 1.92. The van der Waals surface area contributed by atoms with Gasteiger partial charge in [0.15, 0.2) is 18.8 Å². The van der Waals surface area contributed by atoms with E-state index in [4.69, 9.17) is 4.42 Å². The van der Waals surface area contributed by atoms with E-state index >= 15 is 0 Å². The maximum atomic E-state index is 11.7. The number of quaternary nitrogens is 1. The molecule has 0 saturated carbocycles. The number of hydrogen-bond donors (Lipinski definition) is 2. The summed E-state index contributed by atoms with van der Waals surface area (Å²) in [7, 11) is 1.95. The van der Waals surface area contributed by atoms with Gasteiger partial charge in [-0.05, 0) is 13.8 Å². The predicted molar refractivity (Wildman–Crippen MR) is 80.7 cm³/mol. The molecule has 0 bridgehead atoms. The van der Waals surface area contributed by atoms with Gasteiger partial charge >= 0.3 is 0 Å². The molecule has 0 radical (unpaired) electrons. The number of likely N-dealkylation sites (N-methyl/N-ethyl adjacent to an activating group) is 1. The van der Waals surface area contributed by atoms with Crippen LogP contribution >= 0.6 is 0 Å². The van der Waals surface area contributed by atoms with Crippen LogP contribution in [-0.2, 0) is 11.3 Å². The second-order valence-corrected chi connectivity index (χ2v) is 5.52. The van der Waals surface area contributed by atoms with Gasteiger partial charge in [-0.2, -0.15) is 0 Å². The molecular weight excluding hydrogens is 266 g/mol. The van der Waals surface area contributed by atoms with Crippen LogP contribution in [0.25, 0.3) is 11.3 Å². The van der Waals surface area contributed by atoms with Crippen molar-refractivity contribution in [3.63, 3.8) is 0 Å². The SMILES string of the molecule is CC(C)NC(=O)C[NH+](C)Cc1ncc(-c2ccccc2)o1. The van der Waals surface area contributed by atoms with Crippen molar-refractivity contribution in [3.05, 3.63) is 42.4 Å². The molecule has 1 atom stereocenters. The molecule has 5 nitrogen and oxygen atoms in total.